The average Bonchev–Trinajstić information content (AvgIpc) is 3.30. The second-order valence-corrected chi connectivity index (χ2v) is 10.9. The highest BCUT2D eigenvalue weighted by Gasteiger charge is 2.28. The Kier molecular flexibility index (Phi) is 8.35. The van der Waals surface area contributed by atoms with E-state index in [-0.39, 0.29) is 28.1 Å². The molecule has 4 rings (SSSR count). The van der Waals surface area contributed by atoms with E-state index in [0.29, 0.717) is 18.7 Å². The van der Waals surface area contributed by atoms with Crippen molar-refractivity contribution in [2.75, 3.05) is 24.5 Å². The largest absolute Gasteiger partial charge is 0.495 e. The van der Waals surface area contributed by atoms with E-state index >= 15 is 0 Å². The molecule has 1 heterocycles. The molecule has 0 aromatic heterocycles. The molecule has 2 amide bonds. The molecule has 0 atom stereocenters. The van der Waals surface area contributed by atoms with Gasteiger partial charge in [0.2, 0.25) is 11.8 Å². The monoisotopic (exact) mass is 541 g/mol. The molecule has 1 N–H and O–H groups in total. The van der Waals surface area contributed by atoms with Crippen molar-refractivity contribution in [3.63, 3.8) is 0 Å². The Hall–Kier alpha value is -3.56. The summed E-state index contributed by atoms with van der Waals surface area (Å²) in [6.45, 7) is 1.05. The van der Waals surface area contributed by atoms with Crippen LogP contribution in [0.25, 0.3) is 0 Å². The fraction of sp³-hybridized carbons (Fsp3) is 0.259. The van der Waals surface area contributed by atoms with E-state index < -0.39 is 22.5 Å². The van der Waals surface area contributed by atoms with E-state index in [2.05, 4.69) is 5.32 Å². The number of anilines is 1. The molecule has 0 saturated carbocycles. The second kappa shape index (κ2) is 11.7. The number of sulfonamides is 1. The summed E-state index contributed by atoms with van der Waals surface area (Å²) in [6.07, 6.45) is 1.45. The van der Waals surface area contributed by atoms with Gasteiger partial charge in [0.05, 0.1) is 22.7 Å². The molecule has 0 aliphatic carbocycles. The summed E-state index contributed by atoms with van der Waals surface area (Å²) < 4.78 is 33.2. The number of halogens is 1. The Bertz CT molecular complexity index is 1380. The van der Waals surface area contributed by atoms with Crippen LogP contribution in [0.15, 0.2) is 77.7 Å². The van der Waals surface area contributed by atoms with Crippen LogP contribution in [0.2, 0.25) is 5.02 Å². The number of hydrogen-bond acceptors (Lipinski definition) is 5. The van der Waals surface area contributed by atoms with Crippen molar-refractivity contribution in [2.24, 2.45) is 0 Å². The first-order chi connectivity index (χ1) is 17.8. The number of rotatable bonds is 10. The molecular weight excluding hydrogens is 514 g/mol. The first-order valence-corrected chi connectivity index (χ1v) is 13.6. The van der Waals surface area contributed by atoms with E-state index in [4.69, 9.17) is 16.3 Å². The third-order valence-electron chi connectivity index (χ3n) is 6.07. The minimum absolute atomic E-state index is 0.0545. The Morgan fingerprint density at radius 3 is 2.49 bits per heavy atom. The lowest BCUT2D eigenvalue weighted by Crippen LogP contribution is -2.40. The zero-order valence-electron chi connectivity index (χ0n) is 20.4. The molecule has 0 radical (unpaired) electrons. The third kappa shape index (κ3) is 6.42. The average molecular weight is 542 g/mol. The molecular formula is C27H28ClN3O5S. The molecule has 1 aliphatic heterocycles. The van der Waals surface area contributed by atoms with Gasteiger partial charge in [-0.05, 0) is 47.9 Å². The number of carbonyl (C=O) groups excluding carboxylic acids is 2. The maximum Gasteiger partial charge on any atom is 0.264 e. The van der Waals surface area contributed by atoms with Crippen molar-refractivity contribution in [1.29, 1.82) is 0 Å². The summed E-state index contributed by atoms with van der Waals surface area (Å²) in [7, 11) is -2.60. The van der Waals surface area contributed by atoms with Gasteiger partial charge in [0.15, 0.2) is 0 Å². The number of likely N-dealkylation sites (tertiary alicyclic amines) is 1. The molecule has 3 aromatic carbocycles. The fourth-order valence-electron chi connectivity index (χ4n) is 4.16. The molecule has 0 spiro atoms. The van der Waals surface area contributed by atoms with Gasteiger partial charge in [-0.25, -0.2) is 8.42 Å². The van der Waals surface area contributed by atoms with Crippen LogP contribution in [0.4, 0.5) is 5.69 Å². The summed E-state index contributed by atoms with van der Waals surface area (Å²) in [6, 6.07) is 20.1. The maximum atomic E-state index is 13.5. The normalized spacial score (nSPS) is 13.5. The molecule has 8 nitrogen and oxygen atoms in total. The Morgan fingerprint density at radius 1 is 1.05 bits per heavy atom. The highest BCUT2D eigenvalue weighted by Crippen LogP contribution is 2.31. The summed E-state index contributed by atoms with van der Waals surface area (Å²) in [5, 5.41) is 3.03. The second-order valence-electron chi connectivity index (χ2n) is 8.66. The van der Waals surface area contributed by atoms with Gasteiger partial charge < -0.3 is 15.0 Å². The molecule has 1 fully saturated rings. The van der Waals surface area contributed by atoms with Gasteiger partial charge in [-0.3, -0.25) is 13.9 Å². The van der Waals surface area contributed by atoms with Crippen molar-refractivity contribution in [3.05, 3.63) is 88.9 Å². The minimum atomic E-state index is -4.06. The standard InChI is InChI=1S/C27H28ClN3O5S/c1-36-25-13-12-22(16-24(25)28)31(37(34,35)23-9-3-2-4-10-23)19-26(32)29-17-20-7-5-8-21(15-20)18-30-14-6-11-27(30)33/h2-5,7-10,12-13,15-16H,6,11,14,17-19H2,1H3,(H,29,32). The van der Waals surface area contributed by atoms with E-state index in [1.54, 1.807) is 30.3 Å². The lowest BCUT2D eigenvalue weighted by molar-refractivity contribution is -0.128. The van der Waals surface area contributed by atoms with Crippen molar-refractivity contribution >= 4 is 39.1 Å². The topological polar surface area (TPSA) is 96.0 Å². The summed E-state index contributed by atoms with van der Waals surface area (Å²) in [4.78, 5) is 26.8. The molecule has 37 heavy (non-hydrogen) atoms. The highest BCUT2D eigenvalue weighted by molar-refractivity contribution is 7.92. The number of carbonyl (C=O) groups is 2. The third-order valence-corrected chi connectivity index (χ3v) is 8.15. The summed E-state index contributed by atoms with van der Waals surface area (Å²) in [5.41, 5.74) is 2.06. The molecule has 0 unspecified atom stereocenters. The van der Waals surface area contributed by atoms with E-state index in [1.807, 2.05) is 29.2 Å². The van der Waals surface area contributed by atoms with Gasteiger partial charge in [-0.1, -0.05) is 54.1 Å². The predicted molar refractivity (Wildman–Crippen MR) is 142 cm³/mol. The molecule has 1 aliphatic rings. The van der Waals surface area contributed by atoms with Crippen molar-refractivity contribution < 1.29 is 22.7 Å². The Labute approximate surface area is 221 Å². The zero-order chi connectivity index (χ0) is 26.4. The van der Waals surface area contributed by atoms with E-state index in [1.165, 1.54) is 25.3 Å². The van der Waals surface area contributed by atoms with Crippen molar-refractivity contribution in [1.82, 2.24) is 10.2 Å². The first-order valence-electron chi connectivity index (χ1n) is 11.8. The fourth-order valence-corrected chi connectivity index (χ4v) is 5.85. The van der Waals surface area contributed by atoms with Crippen LogP contribution in [0.5, 0.6) is 5.75 Å². The molecule has 0 bridgehead atoms. The maximum absolute atomic E-state index is 13.5. The Balaban J connectivity index is 1.50. The SMILES string of the molecule is COc1ccc(N(CC(=O)NCc2cccc(CN3CCCC3=O)c2)S(=O)(=O)c2ccccc2)cc1Cl. The lowest BCUT2D eigenvalue weighted by atomic mass is 10.1. The quantitative estimate of drug-likeness (QED) is 0.419. The zero-order valence-corrected chi connectivity index (χ0v) is 22.0. The van der Waals surface area contributed by atoms with Crippen LogP contribution in [-0.4, -0.2) is 45.3 Å². The van der Waals surface area contributed by atoms with Crippen LogP contribution in [0, 0.1) is 0 Å². The van der Waals surface area contributed by atoms with Gasteiger partial charge >= 0.3 is 0 Å². The number of nitrogens with one attached hydrogen (secondary N) is 1. The van der Waals surface area contributed by atoms with Crippen molar-refractivity contribution in [2.45, 2.75) is 30.8 Å². The molecule has 10 heteroatoms. The van der Waals surface area contributed by atoms with E-state index in [0.717, 1.165) is 28.4 Å². The smallest absolute Gasteiger partial charge is 0.264 e. The van der Waals surface area contributed by atoms with Crippen LogP contribution >= 0.6 is 11.6 Å². The number of benzene rings is 3. The predicted octanol–water partition coefficient (Wildman–Crippen LogP) is 3.98. The summed E-state index contributed by atoms with van der Waals surface area (Å²) >= 11 is 6.26. The van der Waals surface area contributed by atoms with Crippen LogP contribution in [0.1, 0.15) is 24.0 Å². The number of amides is 2. The number of nitrogens with zero attached hydrogens (tertiary/aromatic N) is 2. The Morgan fingerprint density at radius 2 is 1.81 bits per heavy atom. The van der Waals surface area contributed by atoms with Gasteiger partial charge in [-0.15, -0.1) is 0 Å². The van der Waals surface area contributed by atoms with Crippen LogP contribution in [-0.2, 0) is 32.7 Å². The number of ether oxygens (including phenoxy) is 1. The van der Waals surface area contributed by atoms with Gasteiger partial charge in [0, 0.05) is 26.1 Å². The highest BCUT2D eigenvalue weighted by atomic mass is 35.5. The first kappa shape index (κ1) is 26.5. The summed E-state index contributed by atoms with van der Waals surface area (Å²) in [5.74, 6) is 0.0612. The van der Waals surface area contributed by atoms with Gasteiger partial charge in [0.25, 0.3) is 10.0 Å². The molecule has 3 aromatic rings. The van der Waals surface area contributed by atoms with Crippen molar-refractivity contribution in [3.8, 4) is 5.75 Å². The lowest BCUT2D eigenvalue weighted by Gasteiger charge is -2.24. The molecule has 194 valence electrons. The number of hydrogen-bond donors (Lipinski definition) is 1. The minimum Gasteiger partial charge on any atom is -0.495 e. The van der Waals surface area contributed by atoms with E-state index in [9.17, 15) is 18.0 Å². The van der Waals surface area contributed by atoms with Gasteiger partial charge in [-0.2, -0.15) is 0 Å². The van der Waals surface area contributed by atoms with Crippen LogP contribution in [0.3, 0.4) is 0 Å². The van der Waals surface area contributed by atoms with Gasteiger partial charge in [0.1, 0.15) is 12.3 Å². The number of methoxy groups -OCH3 is 1. The van der Waals surface area contributed by atoms with Crippen LogP contribution < -0.4 is 14.4 Å². The molecule has 1 saturated heterocycles.